The van der Waals surface area contributed by atoms with Gasteiger partial charge in [-0.2, -0.15) is 11.8 Å². The van der Waals surface area contributed by atoms with E-state index in [4.69, 9.17) is 10.8 Å². The molecule has 0 spiro atoms. The minimum atomic E-state index is -0.312. The first-order chi connectivity index (χ1) is 6.24. The number of nitrogens with two attached hydrogens (primary N) is 1. The van der Waals surface area contributed by atoms with Gasteiger partial charge in [0.15, 0.2) is 0 Å². The Morgan fingerprint density at radius 2 is 2.23 bits per heavy atom. The van der Waals surface area contributed by atoms with Crippen LogP contribution >= 0.6 is 11.8 Å². The lowest BCUT2D eigenvalue weighted by molar-refractivity contribution is 0.322. The predicted molar refractivity (Wildman–Crippen MR) is 54.1 cm³/mol. The highest BCUT2D eigenvalue weighted by molar-refractivity contribution is 7.98. The van der Waals surface area contributed by atoms with E-state index in [9.17, 15) is 4.39 Å². The van der Waals surface area contributed by atoms with Gasteiger partial charge in [-0.1, -0.05) is 6.07 Å². The molecule has 0 radical (unpaired) electrons. The molecule has 0 unspecified atom stereocenters. The molecule has 0 heterocycles. The molecule has 1 aromatic carbocycles. The van der Waals surface area contributed by atoms with Crippen molar-refractivity contribution in [2.24, 2.45) is 0 Å². The molecule has 0 fully saturated rings. The number of thioether (sulfide) groups is 1. The van der Waals surface area contributed by atoms with Crippen LogP contribution in [-0.2, 0) is 5.75 Å². The van der Waals surface area contributed by atoms with Crippen LogP contribution in [0.4, 0.5) is 10.1 Å². The maximum absolute atomic E-state index is 12.6. The second kappa shape index (κ2) is 5.09. The minimum Gasteiger partial charge on any atom is -0.398 e. The first-order valence-corrected chi connectivity index (χ1v) is 5.12. The van der Waals surface area contributed by atoms with Crippen molar-refractivity contribution < 1.29 is 9.50 Å². The van der Waals surface area contributed by atoms with Crippen LogP contribution in [0, 0.1) is 5.82 Å². The van der Waals surface area contributed by atoms with Gasteiger partial charge in [0.1, 0.15) is 5.82 Å². The Hall–Kier alpha value is -0.740. The molecule has 0 saturated heterocycles. The molecule has 3 N–H and O–H groups in total. The molecule has 72 valence electrons. The summed E-state index contributed by atoms with van der Waals surface area (Å²) in [4.78, 5) is 0. The highest BCUT2D eigenvalue weighted by Crippen LogP contribution is 2.19. The number of hydrogen-bond acceptors (Lipinski definition) is 3. The summed E-state index contributed by atoms with van der Waals surface area (Å²) >= 11 is 1.57. The van der Waals surface area contributed by atoms with Crippen LogP contribution < -0.4 is 5.73 Å². The van der Waals surface area contributed by atoms with E-state index in [0.717, 1.165) is 5.56 Å². The van der Waals surface area contributed by atoms with Crippen molar-refractivity contribution in [1.29, 1.82) is 0 Å². The van der Waals surface area contributed by atoms with Gasteiger partial charge in [0.25, 0.3) is 0 Å². The van der Waals surface area contributed by atoms with Gasteiger partial charge >= 0.3 is 0 Å². The molecule has 4 heteroatoms. The molecule has 0 aromatic heterocycles. The maximum Gasteiger partial charge on any atom is 0.125 e. The van der Waals surface area contributed by atoms with Crippen LogP contribution in [0.5, 0.6) is 0 Å². The number of aliphatic hydroxyl groups excluding tert-OH is 1. The SMILES string of the molecule is Nc1cc(F)ccc1CSCCO. The number of rotatable bonds is 4. The molecule has 2 nitrogen and oxygen atoms in total. The topological polar surface area (TPSA) is 46.2 Å². The summed E-state index contributed by atoms with van der Waals surface area (Å²) < 4.78 is 12.6. The first-order valence-electron chi connectivity index (χ1n) is 3.96. The molecular formula is C9H12FNOS. The van der Waals surface area contributed by atoms with E-state index in [1.165, 1.54) is 12.1 Å². The quantitative estimate of drug-likeness (QED) is 0.575. The van der Waals surface area contributed by atoms with Crippen molar-refractivity contribution in [3.63, 3.8) is 0 Å². The fraction of sp³-hybridized carbons (Fsp3) is 0.333. The van der Waals surface area contributed by atoms with Gasteiger partial charge in [-0.15, -0.1) is 0 Å². The van der Waals surface area contributed by atoms with E-state index in [0.29, 0.717) is 17.2 Å². The Balaban J connectivity index is 2.56. The Labute approximate surface area is 80.9 Å². The van der Waals surface area contributed by atoms with E-state index < -0.39 is 0 Å². The molecular weight excluding hydrogens is 189 g/mol. The van der Waals surface area contributed by atoms with Gasteiger partial charge in [-0.3, -0.25) is 0 Å². The van der Waals surface area contributed by atoms with Crippen molar-refractivity contribution in [2.45, 2.75) is 5.75 Å². The van der Waals surface area contributed by atoms with Gasteiger partial charge in [0.05, 0.1) is 6.61 Å². The molecule has 1 rings (SSSR count). The fourth-order valence-corrected chi connectivity index (χ4v) is 1.70. The van der Waals surface area contributed by atoms with Crippen molar-refractivity contribution >= 4 is 17.4 Å². The van der Waals surface area contributed by atoms with Crippen LogP contribution in [-0.4, -0.2) is 17.5 Å². The van der Waals surface area contributed by atoms with E-state index in [-0.39, 0.29) is 12.4 Å². The average molecular weight is 201 g/mol. The smallest absolute Gasteiger partial charge is 0.125 e. The van der Waals surface area contributed by atoms with Crippen LogP contribution in [0.25, 0.3) is 0 Å². The van der Waals surface area contributed by atoms with Crippen LogP contribution in [0.2, 0.25) is 0 Å². The van der Waals surface area contributed by atoms with Gasteiger partial charge in [0, 0.05) is 17.2 Å². The van der Waals surface area contributed by atoms with E-state index in [1.807, 2.05) is 0 Å². The third kappa shape index (κ3) is 3.24. The highest BCUT2D eigenvalue weighted by Gasteiger charge is 2.00. The highest BCUT2D eigenvalue weighted by atomic mass is 32.2. The second-order valence-electron chi connectivity index (χ2n) is 2.62. The number of anilines is 1. The van der Waals surface area contributed by atoms with Gasteiger partial charge in [0.2, 0.25) is 0 Å². The van der Waals surface area contributed by atoms with Crippen molar-refractivity contribution in [1.82, 2.24) is 0 Å². The van der Waals surface area contributed by atoms with Crippen molar-refractivity contribution in [2.75, 3.05) is 18.1 Å². The molecule has 0 aliphatic heterocycles. The van der Waals surface area contributed by atoms with Gasteiger partial charge in [-0.25, -0.2) is 4.39 Å². The van der Waals surface area contributed by atoms with Gasteiger partial charge in [-0.05, 0) is 17.7 Å². The number of benzene rings is 1. The van der Waals surface area contributed by atoms with Crippen LogP contribution in [0.15, 0.2) is 18.2 Å². The molecule has 1 aromatic rings. The summed E-state index contributed by atoms with van der Waals surface area (Å²) in [5.74, 6) is 1.08. The Bertz CT molecular complexity index is 280. The number of aliphatic hydroxyl groups is 1. The third-order valence-electron chi connectivity index (χ3n) is 1.60. The zero-order valence-corrected chi connectivity index (χ0v) is 7.98. The number of halogens is 1. The number of nitrogen functional groups attached to an aromatic ring is 1. The van der Waals surface area contributed by atoms with Crippen LogP contribution in [0.3, 0.4) is 0 Å². The normalized spacial score (nSPS) is 10.3. The van der Waals surface area contributed by atoms with Crippen molar-refractivity contribution in [3.8, 4) is 0 Å². The molecule has 13 heavy (non-hydrogen) atoms. The van der Waals surface area contributed by atoms with E-state index >= 15 is 0 Å². The Morgan fingerprint density at radius 1 is 1.46 bits per heavy atom. The summed E-state index contributed by atoms with van der Waals surface area (Å²) in [7, 11) is 0. The lowest BCUT2D eigenvalue weighted by atomic mass is 10.2. The van der Waals surface area contributed by atoms with Crippen molar-refractivity contribution in [3.05, 3.63) is 29.6 Å². The summed E-state index contributed by atoms with van der Waals surface area (Å²) in [6.45, 7) is 0.158. The van der Waals surface area contributed by atoms with E-state index in [2.05, 4.69) is 0 Å². The standard InChI is InChI=1S/C9H12FNOS/c10-8-2-1-7(9(11)5-8)6-13-4-3-12/h1-2,5,12H,3-4,6,11H2. The lowest BCUT2D eigenvalue weighted by Gasteiger charge is -2.04. The zero-order chi connectivity index (χ0) is 9.68. The summed E-state index contributed by atoms with van der Waals surface area (Å²) in [5, 5.41) is 8.55. The molecule has 0 aliphatic carbocycles. The maximum atomic E-state index is 12.6. The summed E-state index contributed by atoms with van der Waals surface area (Å²) in [5.41, 5.74) is 6.98. The zero-order valence-electron chi connectivity index (χ0n) is 7.16. The fourth-order valence-electron chi connectivity index (χ4n) is 0.944. The minimum absolute atomic E-state index is 0.158. The first kappa shape index (κ1) is 10.3. The van der Waals surface area contributed by atoms with Gasteiger partial charge < -0.3 is 10.8 Å². The summed E-state index contributed by atoms with van der Waals surface area (Å²) in [6, 6.07) is 4.38. The molecule has 0 amide bonds. The third-order valence-corrected chi connectivity index (χ3v) is 2.59. The monoisotopic (exact) mass is 201 g/mol. The Morgan fingerprint density at radius 3 is 2.85 bits per heavy atom. The molecule has 0 saturated carbocycles. The Kier molecular flexibility index (Phi) is 4.05. The number of hydrogen-bond donors (Lipinski definition) is 2. The molecule has 0 bridgehead atoms. The van der Waals surface area contributed by atoms with Crippen LogP contribution in [0.1, 0.15) is 5.56 Å². The molecule has 0 atom stereocenters. The second-order valence-corrected chi connectivity index (χ2v) is 3.72. The lowest BCUT2D eigenvalue weighted by Crippen LogP contribution is -1.95. The predicted octanol–water partition coefficient (Wildman–Crippen LogP) is 1.63. The average Bonchev–Trinajstić information content (AvgIpc) is 2.09. The summed E-state index contributed by atoms with van der Waals surface area (Å²) in [6.07, 6.45) is 0. The largest absolute Gasteiger partial charge is 0.398 e. The molecule has 0 aliphatic rings. The van der Waals surface area contributed by atoms with E-state index in [1.54, 1.807) is 17.8 Å².